The summed E-state index contributed by atoms with van der Waals surface area (Å²) in [7, 11) is 1.60. The van der Waals surface area contributed by atoms with Gasteiger partial charge in [-0.05, 0) is 62.8 Å². The summed E-state index contributed by atoms with van der Waals surface area (Å²) in [6.07, 6.45) is 3.66. The van der Waals surface area contributed by atoms with Gasteiger partial charge < -0.3 is 14.2 Å². The summed E-state index contributed by atoms with van der Waals surface area (Å²) in [6.45, 7) is 9.16. The topological polar surface area (TPSA) is 98.3 Å². The first-order valence-electron chi connectivity index (χ1n) is 11.6. The zero-order valence-electron chi connectivity index (χ0n) is 20.5. The van der Waals surface area contributed by atoms with Crippen molar-refractivity contribution in [1.29, 1.82) is 0 Å². The van der Waals surface area contributed by atoms with Crippen LogP contribution in [0.15, 0.2) is 43.1 Å². The fourth-order valence-corrected chi connectivity index (χ4v) is 4.39. The summed E-state index contributed by atoms with van der Waals surface area (Å²) in [4.78, 5) is 45.1. The summed E-state index contributed by atoms with van der Waals surface area (Å²) in [5, 5.41) is 1.67. The molecule has 186 valence electrons. The van der Waals surface area contributed by atoms with Gasteiger partial charge in [-0.2, -0.15) is 0 Å². The van der Waals surface area contributed by atoms with Gasteiger partial charge in [-0.25, -0.2) is 9.78 Å². The van der Waals surface area contributed by atoms with Crippen LogP contribution >= 0.6 is 0 Å². The maximum atomic E-state index is 13.4. The van der Waals surface area contributed by atoms with Crippen molar-refractivity contribution in [2.75, 3.05) is 13.7 Å². The number of hydrogen-bond donors (Lipinski definition) is 0. The second-order valence-corrected chi connectivity index (χ2v) is 9.88. The fraction of sp³-hybridized carbons (Fsp3) is 0.462. The molecule has 9 heteroatoms. The molecule has 2 fully saturated rings. The number of methoxy groups -OCH3 is 1. The average molecular weight is 482 g/mol. The lowest BCUT2D eigenvalue weighted by atomic mass is 10.1. The molecule has 0 spiro atoms. The number of hydrogen-bond acceptors (Lipinski definition) is 7. The Morgan fingerprint density at radius 1 is 1.23 bits per heavy atom. The lowest BCUT2D eigenvalue weighted by Crippen LogP contribution is -2.49. The van der Waals surface area contributed by atoms with Gasteiger partial charge in [0.1, 0.15) is 23.5 Å². The van der Waals surface area contributed by atoms with Gasteiger partial charge in [0.15, 0.2) is 0 Å². The van der Waals surface area contributed by atoms with Crippen LogP contribution in [0.5, 0.6) is 11.6 Å². The summed E-state index contributed by atoms with van der Waals surface area (Å²) in [5.74, 6) is 0.740. The van der Waals surface area contributed by atoms with Crippen molar-refractivity contribution in [2.45, 2.75) is 57.4 Å². The summed E-state index contributed by atoms with van der Waals surface area (Å²) >= 11 is 0. The number of imide groups is 1. The van der Waals surface area contributed by atoms with E-state index in [1.165, 1.54) is 9.80 Å². The molecule has 0 bridgehead atoms. The Balaban J connectivity index is 1.58. The Bertz CT molecular complexity index is 1140. The van der Waals surface area contributed by atoms with Gasteiger partial charge in [0.2, 0.25) is 12.3 Å². The van der Waals surface area contributed by atoms with Crippen molar-refractivity contribution >= 4 is 29.2 Å². The second-order valence-electron chi connectivity index (χ2n) is 9.88. The van der Waals surface area contributed by atoms with Gasteiger partial charge in [-0.15, -0.1) is 6.58 Å². The van der Waals surface area contributed by atoms with E-state index in [9.17, 15) is 14.4 Å². The molecule has 0 N–H and O–H groups in total. The number of benzene rings is 1. The number of ether oxygens (including phenoxy) is 3. The lowest BCUT2D eigenvalue weighted by molar-refractivity contribution is -0.142. The molecule has 2 aliphatic rings. The van der Waals surface area contributed by atoms with Crippen molar-refractivity contribution in [3.63, 3.8) is 0 Å². The van der Waals surface area contributed by atoms with Crippen LogP contribution in [0.1, 0.15) is 33.6 Å². The minimum absolute atomic E-state index is 0.0736. The molecule has 2 heterocycles. The number of amides is 3. The van der Waals surface area contributed by atoms with Crippen molar-refractivity contribution in [3.05, 3.63) is 43.1 Å². The van der Waals surface area contributed by atoms with E-state index >= 15 is 0 Å². The van der Waals surface area contributed by atoms with Gasteiger partial charge >= 0.3 is 6.09 Å². The quantitative estimate of drug-likeness (QED) is 0.440. The summed E-state index contributed by atoms with van der Waals surface area (Å²) in [5.41, 5.74) is -0.741. The SMILES string of the molecule is C=CC1CC1N(C=O)C(=O)C1CC(Oc2nccc3cc(OC)ccc23)CN1C(=O)OC(C)(C)C. The first-order chi connectivity index (χ1) is 16.6. The van der Waals surface area contributed by atoms with Crippen LogP contribution in [0.25, 0.3) is 10.8 Å². The zero-order chi connectivity index (χ0) is 25.3. The molecule has 9 nitrogen and oxygen atoms in total. The zero-order valence-corrected chi connectivity index (χ0v) is 20.5. The van der Waals surface area contributed by atoms with Crippen LogP contribution in [-0.2, 0) is 14.3 Å². The molecule has 0 radical (unpaired) electrons. The van der Waals surface area contributed by atoms with Gasteiger partial charge in [0.25, 0.3) is 5.91 Å². The molecule has 1 aromatic carbocycles. The minimum atomic E-state index is -0.888. The van der Waals surface area contributed by atoms with Crippen LogP contribution in [0.4, 0.5) is 4.79 Å². The second kappa shape index (κ2) is 9.56. The van der Waals surface area contributed by atoms with Crippen molar-refractivity contribution in [2.24, 2.45) is 5.92 Å². The molecule has 2 aromatic rings. The first kappa shape index (κ1) is 24.5. The van der Waals surface area contributed by atoms with Crippen LogP contribution < -0.4 is 9.47 Å². The Kier molecular flexibility index (Phi) is 6.69. The molecular weight excluding hydrogens is 450 g/mol. The highest BCUT2D eigenvalue weighted by Crippen LogP contribution is 2.38. The number of fused-ring (bicyclic) bond motifs is 1. The van der Waals surface area contributed by atoms with Crippen LogP contribution in [0.3, 0.4) is 0 Å². The normalized spacial score (nSPS) is 23.5. The Labute approximate surface area is 204 Å². The van der Waals surface area contributed by atoms with Crippen LogP contribution in [0, 0.1) is 5.92 Å². The molecule has 1 aliphatic carbocycles. The maximum absolute atomic E-state index is 13.4. The smallest absolute Gasteiger partial charge is 0.411 e. The highest BCUT2D eigenvalue weighted by molar-refractivity contribution is 5.93. The molecule has 3 amide bonds. The van der Waals surface area contributed by atoms with Crippen molar-refractivity contribution in [1.82, 2.24) is 14.8 Å². The number of likely N-dealkylation sites (tertiary alicyclic amines) is 1. The third-order valence-corrected chi connectivity index (χ3v) is 6.22. The van der Waals surface area contributed by atoms with Gasteiger partial charge in [-0.3, -0.25) is 19.4 Å². The molecule has 4 rings (SSSR count). The molecule has 4 unspecified atom stereocenters. The highest BCUT2D eigenvalue weighted by Gasteiger charge is 2.49. The van der Waals surface area contributed by atoms with E-state index in [1.807, 2.05) is 24.3 Å². The van der Waals surface area contributed by atoms with Crippen LogP contribution in [0.2, 0.25) is 0 Å². The van der Waals surface area contributed by atoms with Crippen LogP contribution in [-0.4, -0.2) is 70.6 Å². The van der Waals surface area contributed by atoms with E-state index in [4.69, 9.17) is 14.2 Å². The highest BCUT2D eigenvalue weighted by atomic mass is 16.6. The standard InChI is InChI=1S/C26H31N3O6/c1-6-16-12-21(16)29(15-30)24(31)22-13-19(14-28(22)25(32)35-26(2,3)4)34-23-20-8-7-18(33-5)11-17(20)9-10-27-23/h6-11,15-16,19,21-22H,1,12-14H2,2-5H3. The largest absolute Gasteiger partial charge is 0.497 e. The van der Waals surface area contributed by atoms with Crippen molar-refractivity contribution in [3.8, 4) is 11.6 Å². The van der Waals surface area contributed by atoms with E-state index in [0.29, 0.717) is 24.5 Å². The van der Waals surface area contributed by atoms with E-state index in [0.717, 1.165) is 10.8 Å². The number of pyridine rings is 1. The van der Waals surface area contributed by atoms with Gasteiger partial charge in [0.05, 0.1) is 13.7 Å². The number of carbonyl (C=O) groups excluding carboxylic acids is 3. The molecule has 1 saturated carbocycles. The van der Waals surface area contributed by atoms with Gasteiger partial charge in [-0.1, -0.05) is 6.08 Å². The fourth-order valence-electron chi connectivity index (χ4n) is 4.39. The molecule has 4 atom stereocenters. The predicted molar refractivity (Wildman–Crippen MR) is 129 cm³/mol. The Morgan fingerprint density at radius 3 is 2.63 bits per heavy atom. The predicted octanol–water partition coefficient (Wildman–Crippen LogP) is 3.56. The molecule has 1 aromatic heterocycles. The van der Waals surface area contributed by atoms with Gasteiger partial charge in [0, 0.05) is 24.0 Å². The van der Waals surface area contributed by atoms with E-state index in [2.05, 4.69) is 11.6 Å². The molecule has 1 saturated heterocycles. The van der Waals surface area contributed by atoms with E-state index in [1.54, 1.807) is 40.2 Å². The third kappa shape index (κ3) is 5.23. The summed E-state index contributed by atoms with van der Waals surface area (Å²) in [6, 6.07) is 6.29. The first-order valence-corrected chi connectivity index (χ1v) is 11.6. The molecule has 35 heavy (non-hydrogen) atoms. The monoisotopic (exact) mass is 481 g/mol. The third-order valence-electron chi connectivity index (χ3n) is 6.22. The number of rotatable bonds is 7. The molecular formula is C26H31N3O6. The average Bonchev–Trinajstić information content (AvgIpc) is 3.47. The number of carbonyl (C=O) groups is 3. The van der Waals surface area contributed by atoms with E-state index < -0.39 is 29.7 Å². The summed E-state index contributed by atoms with van der Waals surface area (Å²) < 4.78 is 17.1. The Hall–Kier alpha value is -3.62. The Morgan fingerprint density at radius 2 is 2.00 bits per heavy atom. The number of nitrogens with zero attached hydrogens (tertiary/aromatic N) is 3. The van der Waals surface area contributed by atoms with E-state index in [-0.39, 0.29) is 24.9 Å². The van der Waals surface area contributed by atoms with Crippen molar-refractivity contribution < 1.29 is 28.6 Å². The number of aromatic nitrogens is 1. The maximum Gasteiger partial charge on any atom is 0.411 e. The minimum Gasteiger partial charge on any atom is -0.497 e. The lowest BCUT2D eigenvalue weighted by Gasteiger charge is -2.29. The molecule has 1 aliphatic heterocycles.